The zero-order valence-corrected chi connectivity index (χ0v) is 18.5. The second-order valence-electron chi connectivity index (χ2n) is 7.60. The van der Waals surface area contributed by atoms with Crippen molar-refractivity contribution >= 4 is 29.6 Å². The van der Waals surface area contributed by atoms with Crippen LogP contribution in [-0.2, 0) is 4.79 Å². The van der Waals surface area contributed by atoms with Crippen molar-refractivity contribution in [3.8, 4) is 5.75 Å². The quantitative estimate of drug-likeness (QED) is 0.585. The summed E-state index contributed by atoms with van der Waals surface area (Å²) in [4.78, 5) is 25.8. The minimum atomic E-state index is -0.798. The number of carbonyl (C=O) groups excluding carboxylic acids is 2. The molecule has 162 valence electrons. The first kappa shape index (κ1) is 21.6. The molecule has 3 aromatic rings. The molecule has 0 radical (unpaired) electrons. The first-order chi connectivity index (χ1) is 15.4. The number of methoxy groups -OCH3 is 1. The Balaban J connectivity index is 1.69. The predicted molar refractivity (Wildman–Crippen MR) is 123 cm³/mol. The maximum atomic E-state index is 12.9. The molecule has 1 aliphatic rings. The summed E-state index contributed by atoms with van der Waals surface area (Å²) in [6.07, 6.45) is 1.86. The highest BCUT2D eigenvalue weighted by atomic mass is 35.5. The van der Waals surface area contributed by atoms with Crippen LogP contribution in [0.4, 0.5) is 0 Å². The molecule has 6 nitrogen and oxygen atoms in total. The average molecular weight is 449 g/mol. The first-order valence-electron chi connectivity index (χ1n) is 10.2. The number of amides is 2. The Bertz CT molecular complexity index is 1160. The van der Waals surface area contributed by atoms with Gasteiger partial charge in [0.25, 0.3) is 5.91 Å². The maximum absolute atomic E-state index is 12.9. The van der Waals surface area contributed by atoms with Crippen molar-refractivity contribution in [1.29, 1.82) is 0 Å². The van der Waals surface area contributed by atoms with E-state index in [1.54, 1.807) is 36.1 Å². The van der Waals surface area contributed by atoms with Crippen LogP contribution >= 0.6 is 11.6 Å². The molecule has 3 aromatic carbocycles. The number of benzene rings is 3. The molecule has 0 saturated carbocycles. The van der Waals surface area contributed by atoms with E-state index in [1.807, 2.05) is 61.7 Å². The average Bonchev–Trinajstić information content (AvgIpc) is 3.10. The number of carbonyl (C=O) groups is 2. The van der Waals surface area contributed by atoms with Gasteiger partial charge in [0.15, 0.2) is 6.04 Å². The fourth-order valence-corrected chi connectivity index (χ4v) is 3.75. The van der Waals surface area contributed by atoms with Crippen molar-refractivity contribution in [2.45, 2.75) is 19.0 Å². The predicted octanol–water partition coefficient (Wildman–Crippen LogP) is 3.67. The number of hydrazine groups is 1. The summed E-state index contributed by atoms with van der Waals surface area (Å²) < 4.78 is 7.00. The van der Waals surface area contributed by atoms with Crippen molar-refractivity contribution in [3.05, 3.63) is 100 Å². The van der Waals surface area contributed by atoms with Crippen molar-refractivity contribution in [2.24, 2.45) is 0 Å². The van der Waals surface area contributed by atoms with Crippen LogP contribution < -0.4 is 15.5 Å². The number of halogens is 1. The Morgan fingerprint density at radius 1 is 1.03 bits per heavy atom. The Morgan fingerprint density at radius 2 is 1.69 bits per heavy atom. The third kappa shape index (κ3) is 4.65. The van der Waals surface area contributed by atoms with Gasteiger partial charge in [-0.3, -0.25) is 9.59 Å². The molecule has 7 heteroatoms. The molecule has 2 amide bonds. The van der Waals surface area contributed by atoms with E-state index < -0.39 is 12.1 Å². The van der Waals surface area contributed by atoms with Gasteiger partial charge in [-0.1, -0.05) is 29.3 Å². The highest BCUT2D eigenvalue weighted by molar-refractivity contribution is 6.30. The number of hydrazone groups is 1. The minimum absolute atomic E-state index is 0.295. The van der Waals surface area contributed by atoms with Crippen LogP contribution in [0, 0.1) is 6.92 Å². The third-order valence-electron chi connectivity index (χ3n) is 5.35. The fraction of sp³-hybridized carbons (Fsp3) is 0.160. The number of nitrogens with zero attached hydrogens (tertiary/aromatic N) is 1. The number of nitrogens with one attached hydrogen (secondary N) is 2. The Labute approximate surface area is 191 Å². The van der Waals surface area contributed by atoms with Gasteiger partial charge >= 0.3 is 5.91 Å². The van der Waals surface area contributed by atoms with Crippen LogP contribution in [0.25, 0.3) is 0 Å². The summed E-state index contributed by atoms with van der Waals surface area (Å²) in [5.74, 6) is 0.0656. The van der Waals surface area contributed by atoms with Crippen molar-refractivity contribution in [2.75, 3.05) is 7.11 Å². The lowest BCUT2D eigenvalue weighted by atomic mass is 9.99. The highest BCUT2D eigenvalue weighted by Crippen LogP contribution is 2.27. The van der Waals surface area contributed by atoms with E-state index in [0.717, 1.165) is 16.7 Å². The van der Waals surface area contributed by atoms with Crippen LogP contribution in [-0.4, -0.2) is 35.9 Å². The zero-order chi connectivity index (χ0) is 22.7. The maximum Gasteiger partial charge on any atom is 0.304 e. The molecule has 32 heavy (non-hydrogen) atoms. The number of ether oxygens (including phenoxy) is 1. The SMILES string of the molecule is COc1ccc([C@@H]2[C@@H](NC(=O)c3ccc(Cl)cc3)C(=O)N/[N+]2=C\c2ccc(C)cc2)cc1. The lowest BCUT2D eigenvalue weighted by molar-refractivity contribution is -0.596. The molecule has 0 bridgehead atoms. The normalized spacial score (nSPS) is 19.0. The smallest absolute Gasteiger partial charge is 0.304 e. The standard InChI is InChI=1S/C25H22ClN3O3/c1-16-3-5-17(6-4-16)15-29-23(18-9-13-21(32-2)14-10-18)22(25(31)28-29)27-24(30)19-7-11-20(26)12-8-19/h3-15,22-23H,1-2H3,(H-,27,28,30,31)/p+1/b29-15-/t22-,23-/m1/s1. The second kappa shape index (κ2) is 9.24. The Morgan fingerprint density at radius 3 is 2.31 bits per heavy atom. The van der Waals surface area contributed by atoms with Gasteiger partial charge in [-0.2, -0.15) is 0 Å². The lowest BCUT2D eigenvalue weighted by Crippen LogP contribution is -2.42. The summed E-state index contributed by atoms with van der Waals surface area (Å²) >= 11 is 5.93. The Hall–Kier alpha value is -3.64. The number of hydrogen-bond acceptors (Lipinski definition) is 3. The van der Waals surface area contributed by atoms with Crippen molar-refractivity contribution < 1.29 is 19.0 Å². The topological polar surface area (TPSA) is 70.4 Å². The van der Waals surface area contributed by atoms with E-state index in [4.69, 9.17) is 16.3 Å². The van der Waals surface area contributed by atoms with Crippen molar-refractivity contribution in [3.63, 3.8) is 0 Å². The molecule has 2 N–H and O–H groups in total. The molecule has 1 aliphatic heterocycles. The minimum Gasteiger partial charge on any atom is -0.497 e. The van der Waals surface area contributed by atoms with Gasteiger partial charge in [-0.05, 0) is 67.6 Å². The molecule has 0 aromatic heterocycles. The summed E-state index contributed by atoms with van der Waals surface area (Å²) in [6, 6.07) is 20.7. The second-order valence-corrected chi connectivity index (χ2v) is 8.04. The van der Waals surface area contributed by atoms with E-state index in [9.17, 15) is 9.59 Å². The molecular formula is C25H23ClN3O3+. The third-order valence-corrected chi connectivity index (χ3v) is 5.61. The molecule has 1 heterocycles. The first-order valence-corrected chi connectivity index (χ1v) is 10.5. The molecule has 1 fully saturated rings. The van der Waals surface area contributed by atoms with E-state index in [1.165, 1.54) is 0 Å². The molecule has 2 atom stereocenters. The van der Waals surface area contributed by atoms with Gasteiger partial charge in [0, 0.05) is 21.7 Å². The Kier molecular flexibility index (Phi) is 6.23. The summed E-state index contributed by atoms with van der Waals surface area (Å²) in [7, 11) is 1.60. The lowest BCUT2D eigenvalue weighted by Gasteiger charge is -2.15. The molecular weight excluding hydrogens is 426 g/mol. The van der Waals surface area contributed by atoms with Crippen LogP contribution in [0.15, 0.2) is 72.8 Å². The van der Waals surface area contributed by atoms with Gasteiger partial charge < -0.3 is 10.1 Å². The number of hydrogen-bond donors (Lipinski definition) is 2. The molecule has 0 spiro atoms. The molecule has 0 aliphatic carbocycles. The largest absolute Gasteiger partial charge is 0.497 e. The van der Waals surface area contributed by atoms with E-state index in [2.05, 4.69) is 10.7 Å². The number of rotatable bonds is 5. The summed E-state index contributed by atoms with van der Waals surface area (Å²) in [5, 5.41) is 3.42. The van der Waals surface area contributed by atoms with E-state index >= 15 is 0 Å². The summed E-state index contributed by atoms with van der Waals surface area (Å²) in [6.45, 7) is 2.02. The van der Waals surface area contributed by atoms with Crippen LogP contribution in [0.2, 0.25) is 5.02 Å². The zero-order valence-electron chi connectivity index (χ0n) is 17.7. The van der Waals surface area contributed by atoms with Gasteiger partial charge in [0.05, 0.1) is 7.11 Å². The highest BCUT2D eigenvalue weighted by Gasteiger charge is 2.47. The number of aryl methyl sites for hydroxylation is 1. The van der Waals surface area contributed by atoms with Gasteiger partial charge in [0.1, 0.15) is 5.75 Å². The molecule has 0 unspecified atom stereocenters. The van der Waals surface area contributed by atoms with Crippen LogP contribution in [0.3, 0.4) is 0 Å². The molecule has 1 saturated heterocycles. The van der Waals surface area contributed by atoms with Gasteiger partial charge in [-0.25, -0.2) is 0 Å². The van der Waals surface area contributed by atoms with Gasteiger partial charge in [0.2, 0.25) is 12.3 Å². The fourth-order valence-electron chi connectivity index (χ4n) is 3.62. The van der Waals surface area contributed by atoms with Crippen molar-refractivity contribution in [1.82, 2.24) is 10.7 Å². The molecule has 4 rings (SSSR count). The van der Waals surface area contributed by atoms with Gasteiger partial charge in [-0.15, -0.1) is 10.1 Å². The van der Waals surface area contributed by atoms with Crippen LogP contribution in [0.5, 0.6) is 5.75 Å². The van der Waals surface area contributed by atoms with E-state index in [0.29, 0.717) is 16.3 Å². The van der Waals surface area contributed by atoms with Crippen LogP contribution in [0.1, 0.15) is 33.1 Å². The monoisotopic (exact) mass is 448 g/mol. The summed E-state index contributed by atoms with van der Waals surface area (Å²) in [5.41, 5.74) is 6.24. The van der Waals surface area contributed by atoms with E-state index in [-0.39, 0.29) is 11.8 Å².